The number of nitrogens with zero attached hydrogens (tertiary/aromatic N) is 5. The van der Waals surface area contributed by atoms with Crippen LogP contribution in [0.4, 0.5) is 18.9 Å². The number of fused-ring (bicyclic) bond motifs is 1. The molecule has 0 bridgehead atoms. The van der Waals surface area contributed by atoms with E-state index in [0.717, 1.165) is 22.8 Å². The van der Waals surface area contributed by atoms with E-state index in [2.05, 4.69) is 20.2 Å². The molecule has 5 rings (SSSR count). The topological polar surface area (TPSA) is 111 Å². The van der Waals surface area contributed by atoms with Crippen LogP contribution in [-0.4, -0.2) is 50.0 Å². The van der Waals surface area contributed by atoms with Crippen LogP contribution in [0.5, 0.6) is 0 Å². The molecule has 12 heteroatoms. The van der Waals surface area contributed by atoms with E-state index in [1.165, 1.54) is 13.0 Å². The molecule has 208 valence electrons. The van der Waals surface area contributed by atoms with Crippen LogP contribution in [0.15, 0.2) is 53.6 Å². The Balaban J connectivity index is 1.43. The summed E-state index contributed by atoms with van der Waals surface area (Å²) >= 11 is 0. The summed E-state index contributed by atoms with van der Waals surface area (Å²) in [5, 5.41) is 3.77. The first-order valence-electron chi connectivity index (χ1n) is 12.6. The first-order valence-corrected chi connectivity index (χ1v) is 12.6. The molecule has 5 heterocycles. The van der Waals surface area contributed by atoms with Crippen molar-refractivity contribution in [2.24, 2.45) is 12.8 Å². The van der Waals surface area contributed by atoms with Crippen LogP contribution >= 0.6 is 0 Å². The maximum Gasteiger partial charge on any atom is 0.418 e. The van der Waals surface area contributed by atoms with Crippen LogP contribution in [0.3, 0.4) is 0 Å². The molecule has 0 atom stereocenters. The minimum Gasteiger partial charge on any atom is -0.388 e. The quantitative estimate of drug-likeness (QED) is 0.376. The van der Waals surface area contributed by atoms with E-state index in [1.807, 2.05) is 23.7 Å². The monoisotopic (exact) mass is 551 g/mol. The number of halogens is 3. The van der Waals surface area contributed by atoms with Crippen LogP contribution in [0.1, 0.15) is 39.4 Å². The van der Waals surface area contributed by atoms with Gasteiger partial charge in [-0.2, -0.15) is 13.2 Å². The van der Waals surface area contributed by atoms with Gasteiger partial charge in [-0.15, -0.1) is 0 Å². The average Bonchev–Trinajstić information content (AvgIpc) is 3.23. The van der Waals surface area contributed by atoms with Gasteiger partial charge in [-0.1, -0.05) is 6.08 Å². The maximum atomic E-state index is 13.8. The Labute approximate surface area is 227 Å². The van der Waals surface area contributed by atoms with Gasteiger partial charge in [0, 0.05) is 69.0 Å². The molecule has 3 N–H and O–H groups in total. The van der Waals surface area contributed by atoms with Crippen LogP contribution in [0, 0.1) is 6.92 Å². The minimum absolute atomic E-state index is 0.164. The van der Waals surface area contributed by atoms with Crippen LogP contribution in [0.2, 0.25) is 0 Å². The second-order valence-electron chi connectivity index (χ2n) is 9.73. The number of pyridine rings is 3. The van der Waals surface area contributed by atoms with Crippen molar-refractivity contribution in [2.45, 2.75) is 26.1 Å². The van der Waals surface area contributed by atoms with E-state index in [4.69, 9.17) is 5.73 Å². The molecule has 0 spiro atoms. The third-order valence-corrected chi connectivity index (χ3v) is 7.24. The molecule has 4 aromatic heterocycles. The summed E-state index contributed by atoms with van der Waals surface area (Å²) in [5.74, 6) is -0.946. The summed E-state index contributed by atoms with van der Waals surface area (Å²) in [6, 6.07) is 7.92. The Morgan fingerprint density at radius 2 is 1.98 bits per heavy atom. The number of nitrogens with two attached hydrogens (primary N) is 1. The number of carbonyl (C=O) groups excluding carboxylic acids is 1. The van der Waals surface area contributed by atoms with Crippen molar-refractivity contribution < 1.29 is 18.0 Å². The van der Waals surface area contributed by atoms with Crippen LogP contribution in [-0.2, 0) is 19.8 Å². The lowest BCUT2D eigenvalue weighted by Gasteiger charge is -2.27. The molecule has 0 saturated heterocycles. The number of hydrogen-bond donors (Lipinski definition) is 2. The Morgan fingerprint density at radius 3 is 2.60 bits per heavy atom. The highest BCUT2D eigenvalue weighted by atomic mass is 19.4. The van der Waals surface area contributed by atoms with Crippen LogP contribution < -0.4 is 16.6 Å². The van der Waals surface area contributed by atoms with Gasteiger partial charge >= 0.3 is 6.18 Å². The second-order valence-corrected chi connectivity index (χ2v) is 9.73. The highest BCUT2D eigenvalue weighted by Gasteiger charge is 2.37. The van der Waals surface area contributed by atoms with Gasteiger partial charge in [-0.25, -0.2) is 4.98 Å². The van der Waals surface area contributed by atoms with E-state index in [9.17, 15) is 22.8 Å². The molecule has 0 aliphatic carbocycles. The lowest BCUT2D eigenvalue weighted by atomic mass is 9.97. The van der Waals surface area contributed by atoms with Crippen molar-refractivity contribution in [1.82, 2.24) is 24.0 Å². The smallest absolute Gasteiger partial charge is 0.388 e. The third-order valence-electron chi connectivity index (χ3n) is 7.24. The Morgan fingerprint density at radius 1 is 1.20 bits per heavy atom. The zero-order valence-electron chi connectivity index (χ0n) is 22.2. The SMILES string of the molecule is CNc1ccn(-c2ccnc3c2cc(CN2CC=C(c4nc(C)c(C(N)=O)cc4C(F)(F)F)CC2)n3C)c(=O)c1. The van der Waals surface area contributed by atoms with E-state index in [0.29, 0.717) is 43.0 Å². The standard InChI is InChI=1S/C28H28F3N7O2/c1-16-20(26(32)40)14-22(28(29,30)31)25(35-16)17-5-9-37(10-6-17)15-19-13-21-23(4-8-34-27(21)36(19)3)38-11-7-18(33-2)12-24(38)39/h4-5,7-8,11-14,33H,6,9-10,15H2,1-3H3,(H2,32,40). The Hall–Kier alpha value is -4.45. The predicted octanol–water partition coefficient (Wildman–Crippen LogP) is 3.88. The molecule has 1 amide bonds. The zero-order valence-corrected chi connectivity index (χ0v) is 22.2. The number of hydrogen-bond acceptors (Lipinski definition) is 6. The number of carbonyl (C=O) groups is 1. The fourth-order valence-corrected chi connectivity index (χ4v) is 5.07. The number of aromatic nitrogens is 4. The fourth-order valence-electron chi connectivity index (χ4n) is 5.07. The van der Waals surface area contributed by atoms with Gasteiger partial charge in [0.2, 0.25) is 0 Å². The third kappa shape index (κ3) is 4.97. The molecule has 0 unspecified atom stereocenters. The number of anilines is 1. The fraction of sp³-hybridized carbons (Fsp3) is 0.286. The number of primary amides is 1. The van der Waals surface area contributed by atoms with Gasteiger partial charge in [-0.05, 0) is 43.2 Å². The van der Waals surface area contributed by atoms with Crippen molar-refractivity contribution in [2.75, 3.05) is 25.5 Å². The van der Waals surface area contributed by atoms with E-state index in [1.54, 1.807) is 36.2 Å². The highest BCUT2D eigenvalue weighted by Crippen LogP contribution is 2.37. The lowest BCUT2D eigenvalue weighted by Crippen LogP contribution is -2.29. The number of nitrogens with one attached hydrogen (secondary N) is 1. The summed E-state index contributed by atoms with van der Waals surface area (Å²) in [6.07, 6.45) is 0.799. The van der Waals surface area contributed by atoms with E-state index in [-0.39, 0.29) is 22.5 Å². The van der Waals surface area contributed by atoms with Gasteiger partial charge in [-0.3, -0.25) is 24.0 Å². The highest BCUT2D eigenvalue weighted by molar-refractivity contribution is 5.94. The van der Waals surface area contributed by atoms with E-state index < -0.39 is 17.6 Å². The zero-order chi connectivity index (χ0) is 28.8. The summed E-state index contributed by atoms with van der Waals surface area (Å²) < 4.78 is 45.1. The molecular weight excluding hydrogens is 523 g/mol. The predicted molar refractivity (Wildman–Crippen MR) is 146 cm³/mol. The molecule has 0 radical (unpaired) electrons. The van der Waals surface area contributed by atoms with Crippen molar-refractivity contribution >= 4 is 28.2 Å². The number of alkyl halides is 3. The summed E-state index contributed by atoms with van der Waals surface area (Å²) in [4.78, 5) is 35.1. The van der Waals surface area contributed by atoms with Gasteiger partial charge in [0.15, 0.2) is 0 Å². The Bertz CT molecular complexity index is 1720. The van der Waals surface area contributed by atoms with Gasteiger partial charge < -0.3 is 15.6 Å². The molecule has 1 aliphatic heterocycles. The molecular formula is C28H28F3N7O2. The van der Waals surface area contributed by atoms with Crippen molar-refractivity contribution in [1.29, 1.82) is 0 Å². The summed E-state index contributed by atoms with van der Waals surface area (Å²) in [5.41, 5.74) is 7.45. The van der Waals surface area contributed by atoms with Gasteiger partial charge in [0.1, 0.15) is 5.65 Å². The molecule has 0 aromatic carbocycles. The molecule has 9 nitrogen and oxygen atoms in total. The van der Waals surface area contributed by atoms with Gasteiger partial charge in [0.25, 0.3) is 11.5 Å². The molecule has 4 aromatic rings. The first-order chi connectivity index (χ1) is 19.0. The lowest BCUT2D eigenvalue weighted by molar-refractivity contribution is -0.138. The molecule has 0 fully saturated rings. The van der Waals surface area contributed by atoms with E-state index >= 15 is 0 Å². The van der Waals surface area contributed by atoms with Crippen LogP contribution in [0.25, 0.3) is 22.3 Å². The second kappa shape index (κ2) is 10.3. The Kier molecular flexibility index (Phi) is 6.96. The number of amides is 1. The largest absolute Gasteiger partial charge is 0.418 e. The maximum absolute atomic E-state index is 13.8. The first kappa shape index (κ1) is 27.1. The molecule has 0 saturated carbocycles. The number of rotatable bonds is 6. The normalized spacial score (nSPS) is 14.4. The van der Waals surface area contributed by atoms with Crippen molar-refractivity contribution in [3.8, 4) is 5.69 Å². The minimum atomic E-state index is -4.68. The van der Waals surface area contributed by atoms with Gasteiger partial charge in [0.05, 0.1) is 28.2 Å². The number of aryl methyl sites for hydroxylation is 2. The molecule has 1 aliphatic rings. The average molecular weight is 552 g/mol. The summed E-state index contributed by atoms with van der Waals surface area (Å²) in [6.45, 7) is 2.93. The van der Waals surface area contributed by atoms with Crippen molar-refractivity contribution in [3.63, 3.8) is 0 Å². The van der Waals surface area contributed by atoms with Crippen molar-refractivity contribution in [3.05, 3.63) is 87.4 Å². The summed E-state index contributed by atoms with van der Waals surface area (Å²) in [7, 11) is 3.65. The molecule has 40 heavy (non-hydrogen) atoms.